The third kappa shape index (κ3) is 4.20. The quantitative estimate of drug-likeness (QED) is 0.577. The van der Waals surface area contributed by atoms with Crippen LogP contribution in [0.15, 0.2) is 22.7 Å². The van der Waals surface area contributed by atoms with Gasteiger partial charge in [0.2, 0.25) is 0 Å². The highest BCUT2D eigenvalue weighted by molar-refractivity contribution is 9.10. The Balaban J connectivity index is 2.91. The van der Waals surface area contributed by atoms with Crippen molar-refractivity contribution < 1.29 is 9.72 Å². The lowest BCUT2D eigenvalue weighted by Gasteiger charge is -2.29. The van der Waals surface area contributed by atoms with E-state index < -0.39 is 4.92 Å². The first-order valence-electron chi connectivity index (χ1n) is 6.67. The number of carbonyl (C=O) groups excluding carboxylic acids is 1. The van der Waals surface area contributed by atoms with Gasteiger partial charge in [0.15, 0.2) is 0 Å². The highest BCUT2D eigenvalue weighted by atomic mass is 79.9. The van der Waals surface area contributed by atoms with Gasteiger partial charge in [-0.05, 0) is 41.1 Å². The van der Waals surface area contributed by atoms with Crippen molar-refractivity contribution in [1.29, 1.82) is 0 Å². The van der Waals surface area contributed by atoms with Crippen molar-refractivity contribution in [3.63, 3.8) is 0 Å². The molecule has 0 unspecified atom stereocenters. The summed E-state index contributed by atoms with van der Waals surface area (Å²) < 4.78 is 0.221. The lowest BCUT2D eigenvalue weighted by atomic mass is 10.0. The number of hydrogen-bond acceptors (Lipinski definition) is 4. The van der Waals surface area contributed by atoms with Crippen LogP contribution in [-0.4, -0.2) is 28.4 Å². The van der Waals surface area contributed by atoms with E-state index in [0.717, 1.165) is 12.8 Å². The third-order valence-electron chi connectivity index (χ3n) is 3.71. The van der Waals surface area contributed by atoms with Gasteiger partial charge in [0.1, 0.15) is 4.47 Å². The maximum absolute atomic E-state index is 12.3. The van der Waals surface area contributed by atoms with Gasteiger partial charge in [-0.2, -0.15) is 11.8 Å². The normalized spacial score (nSPS) is 11.2. The van der Waals surface area contributed by atoms with E-state index in [-0.39, 0.29) is 26.4 Å². The number of benzene rings is 1. The van der Waals surface area contributed by atoms with E-state index >= 15 is 0 Å². The van der Waals surface area contributed by atoms with Gasteiger partial charge in [-0.25, -0.2) is 0 Å². The van der Waals surface area contributed by atoms with Gasteiger partial charge in [0.05, 0.1) is 10.5 Å². The number of amides is 1. The van der Waals surface area contributed by atoms with Crippen LogP contribution < -0.4 is 5.32 Å². The largest absolute Gasteiger partial charge is 0.351 e. The first-order valence-corrected chi connectivity index (χ1v) is 8.68. The molecule has 7 heteroatoms. The number of nitro groups is 1. The molecule has 0 saturated heterocycles. The standard InChI is InChI=1S/C14H19BrN2O3S/c1-4-14(5-2,21-3)9-16-13(18)10-7-6-8-11(12(10)15)17(19)20/h6-8H,4-5,9H2,1-3H3,(H,16,18). The molecule has 21 heavy (non-hydrogen) atoms. The van der Waals surface area contributed by atoms with Crippen LogP contribution in [-0.2, 0) is 0 Å². The zero-order valence-corrected chi connectivity index (χ0v) is 14.7. The molecule has 0 aliphatic carbocycles. The monoisotopic (exact) mass is 374 g/mol. The molecule has 0 fully saturated rings. The molecule has 116 valence electrons. The Labute approximate surface area is 137 Å². The minimum atomic E-state index is -0.509. The molecule has 5 nitrogen and oxygen atoms in total. The second-order valence-corrected chi connectivity index (χ2v) is 6.74. The molecular formula is C14H19BrN2O3S. The summed E-state index contributed by atoms with van der Waals surface area (Å²) in [7, 11) is 0. The lowest BCUT2D eigenvalue weighted by Crippen LogP contribution is -2.39. The molecule has 0 bridgehead atoms. The molecule has 0 saturated carbocycles. The molecule has 1 aromatic rings. The Bertz CT molecular complexity index is 525. The first-order chi connectivity index (χ1) is 9.90. The molecule has 0 atom stereocenters. The van der Waals surface area contributed by atoms with E-state index in [2.05, 4.69) is 35.1 Å². The Morgan fingerprint density at radius 2 is 2.05 bits per heavy atom. The molecule has 1 rings (SSSR count). The molecule has 0 heterocycles. The van der Waals surface area contributed by atoms with Gasteiger partial charge in [0, 0.05) is 17.4 Å². The number of rotatable bonds is 7. The maximum Gasteiger partial charge on any atom is 0.284 e. The first kappa shape index (κ1) is 18.0. The molecule has 1 aromatic carbocycles. The van der Waals surface area contributed by atoms with Gasteiger partial charge in [-0.1, -0.05) is 19.9 Å². The van der Waals surface area contributed by atoms with Gasteiger partial charge in [-0.15, -0.1) is 0 Å². The Morgan fingerprint density at radius 3 is 2.52 bits per heavy atom. The average molecular weight is 375 g/mol. The molecule has 1 N–H and O–H groups in total. The molecule has 0 aromatic heterocycles. The van der Waals surface area contributed by atoms with Crippen LogP contribution in [0.4, 0.5) is 5.69 Å². The van der Waals surface area contributed by atoms with Crippen molar-refractivity contribution in [3.05, 3.63) is 38.3 Å². The van der Waals surface area contributed by atoms with E-state index in [9.17, 15) is 14.9 Å². The van der Waals surface area contributed by atoms with Gasteiger partial charge >= 0.3 is 0 Å². The van der Waals surface area contributed by atoms with Crippen LogP contribution in [0.1, 0.15) is 37.0 Å². The Morgan fingerprint density at radius 1 is 1.43 bits per heavy atom. The predicted octanol–water partition coefficient (Wildman–Crippen LogP) is 4.01. The van der Waals surface area contributed by atoms with Crippen molar-refractivity contribution in [2.45, 2.75) is 31.4 Å². The van der Waals surface area contributed by atoms with E-state index in [1.807, 2.05) is 6.26 Å². The summed E-state index contributed by atoms with van der Waals surface area (Å²) in [4.78, 5) is 22.6. The van der Waals surface area contributed by atoms with Crippen molar-refractivity contribution in [1.82, 2.24) is 5.32 Å². The molecule has 1 amide bonds. The summed E-state index contributed by atoms with van der Waals surface area (Å²) >= 11 is 4.88. The van der Waals surface area contributed by atoms with Crippen LogP contribution in [0.5, 0.6) is 0 Å². The summed E-state index contributed by atoms with van der Waals surface area (Å²) in [6.07, 6.45) is 3.92. The van der Waals surface area contributed by atoms with Crippen molar-refractivity contribution in [2.24, 2.45) is 0 Å². The second-order valence-electron chi connectivity index (χ2n) is 4.67. The zero-order valence-electron chi connectivity index (χ0n) is 12.3. The fraction of sp³-hybridized carbons (Fsp3) is 0.500. The van der Waals surface area contributed by atoms with Crippen LogP contribution in [0.25, 0.3) is 0 Å². The highest BCUT2D eigenvalue weighted by Crippen LogP contribution is 2.31. The molecule has 0 spiro atoms. The van der Waals surface area contributed by atoms with E-state index in [0.29, 0.717) is 6.54 Å². The van der Waals surface area contributed by atoms with Crippen molar-refractivity contribution in [2.75, 3.05) is 12.8 Å². The zero-order chi connectivity index (χ0) is 16.0. The lowest BCUT2D eigenvalue weighted by molar-refractivity contribution is -0.385. The number of thioether (sulfide) groups is 1. The molecular weight excluding hydrogens is 356 g/mol. The third-order valence-corrected chi connectivity index (χ3v) is 6.13. The van der Waals surface area contributed by atoms with Gasteiger partial charge in [0.25, 0.3) is 11.6 Å². The Kier molecular flexibility index (Phi) is 6.67. The maximum atomic E-state index is 12.3. The minimum Gasteiger partial charge on any atom is -0.351 e. The van der Waals surface area contributed by atoms with Gasteiger partial charge < -0.3 is 5.32 Å². The van der Waals surface area contributed by atoms with E-state index in [1.54, 1.807) is 17.8 Å². The van der Waals surface area contributed by atoms with Crippen LogP contribution in [0.3, 0.4) is 0 Å². The minimum absolute atomic E-state index is 0.00283. The van der Waals surface area contributed by atoms with Crippen LogP contribution in [0.2, 0.25) is 0 Å². The van der Waals surface area contributed by atoms with E-state index in [4.69, 9.17) is 0 Å². The predicted molar refractivity (Wildman–Crippen MR) is 90.0 cm³/mol. The Hall–Kier alpha value is -1.08. The number of hydrogen-bond donors (Lipinski definition) is 1. The van der Waals surface area contributed by atoms with Gasteiger partial charge in [-0.3, -0.25) is 14.9 Å². The number of nitro benzene ring substituents is 1. The highest BCUT2D eigenvalue weighted by Gasteiger charge is 2.26. The summed E-state index contributed by atoms with van der Waals surface area (Å²) in [5.74, 6) is -0.300. The molecule has 0 radical (unpaired) electrons. The average Bonchev–Trinajstić information content (AvgIpc) is 2.49. The fourth-order valence-electron chi connectivity index (χ4n) is 2.03. The van der Waals surface area contributed by atoms with Crippen LogP contribution >= 0.6 is 27.7 Å². The summed E-state index contributed by atoms with van der Waals surface area (Å²) in [6, 6.07) is 4.45. The summed E-state index contributed by atoms with van der Waals surface area (Å²) in [6.45, 7) is 4.72. The summed E-state index contributed by atoms with van der Waals surface area (Å²) in [5.41, 5.74) is 0.177. The molecule has 0 aliphatic rings. The fourth-order valence-corrected chi connectivity index (χ4v) is 3.42. The number of nitrogens with zero attached hydrogens (tertiary/aromatic N) is 1. The number of nitrogens with one attached hydrogen (secondary N) is 1. The summed E-state index contributed by atoms with van der Waals surface area (Å²) in [5, 5.41) is 13.8. The number of carbonyl (C=O) groups is 1. The van der Waals surface area contributed by atoms with Crippen molar-refractivity contribution >= 4 is 39.3 Å². The van der Waals surface area contributed by atoms with Crippen molar-refractivity contribution in [3.8, 4) is 0 Å². The van der Waals surface area contributed by atoms with Crippen LogP contribution in [0, 0.1) is 10.1 Å². The SMILES string of the molecule is CCC(CC)(CNC(=O)c1cccc([N+](=O)[O-])c1Br)SC. The molecule has 0 aliphatic heterocycles. The smallest absolute Gasteiger partial charge is 0.284 e. The topological polar surface area (TPSA) is 72.2 Å². The number of halogens is 1. The van der Waals surface area contributed by atoms with E-state index in [1.165, 1.54) is 12.1 Å². The second kappa shape index (κ2) is 7.79.